The number of Topliss-reactive ketones (excluding diaryl/α,β-unsaturated/α-hetero) is 1. The lowest BCUT2D eigenvalue weighted by Crippen LogP contribution is -2.26. The number of ketones is 1. The van der Waals surface area contributed by atoms with Crippen molar-refractivity contribution in [2.24, 2.45) is 11.3 Å². The van der Waals surface area contributed by atoms with Crippen LogP contribution < -0.4 is 0 Å². The highest BCUT2D eigenvalue weighted by atomic mass is 32.2. The van der Waals surface area contributed by atoms with Crippen LogP contribution in [0, 0.1) is 11.3 Å². The summed E-state index contributed by atoms with van der Waals surface area (Å²) in [7, 11) is 0. The normalized spacial score (nSPS) is 23.3. The van der Waals surface area contributed by atoms with Crippen LogP contribution in [0.2, 0.25) is 0 Å². The van der Waals surface area contributed by atoms with E-state index in [4.69, 9.17) is 5.11 Å². The van der Waals surface area contributed by atoms with Crippen molar-refractivity contribution >= 4 is 34.9 Å². The lowest BCUT2D eigenvalue weighted by Gasteiger charge is -2.28. The Labute approximate surface area is 187 Å². The molecule has 3 atom stereocenters. The summed E-state index contributed by atoms with van der Waals surface area (Å²) in [4.78, 5) is 27.4. The number of thiazole rings is 1. The first kappa shape index (κ1) is 25.6. The number of nitrogens with zero attached hydrogens (tertiary/aromatic N) is 1. The minimum atomic E-state index is -2.36. The van der Waals surface area contributed by atoms with Crippen molar-refractivity contribution in [2.45, 2.75) is 62.3 Å². The van der Waals surface area contributed by atoms with Crippen LogP contribution in [0.4, 0.5) is 13.2 Å². The van der Waals surface area contributed by atoms with Crippen molar-refractivity contribution in [1.82, 2.24) is 4.98 Å². The molecule has 0 radical (unpaired) electrons. The predicted octanol–water partition coefficient (Wildman–Crippen LogP) is 5.86. The van der Waals surface area contributed by atoms with Crippen LogP contribution >= 0.6 is 23.1 Å². The zero-order valence-corrected chi connectivity index (χ0v) is 19.0. The van der Waals surface area contributed by atoms with Crippen LogP contribution in [-0.2, 0) is 4.79 Å². The van der Waals surface area contributed by atoms with E-state index in [1.807, 2.05) is 13.0 Å². The molecule has 0 aliphatic heterocycles. The van der Waals surface area contributed by atoms with Gasteiger partial charge in [-0.1, -0.05) is 30.8 Å². The van der Waals surface area contributed by atoms with E-state index < -0.39 is 29.9 Å². The van der Waals surface area contributed by atoms with Gasteiger partial charge < -0.3 is 10.2 Å². The molecule has 1 heterocycles. The van der Waals surface area contributed by atoms with Crippen molar-refractivity contribution in [3.8, 4) is 0 Å². The lowest BCUT2D eigenvalue weighted by atomic mass is 9.77. The van der Waals surface area contributed by atoms with Crippen LogP contribution in [0.15, 0.2) is 33.8 Å². The summed E-state index contributed by atoms with van der Waals surface area (Å²) in [5.41, 5.74) is -1.71. The first-order valence-corrected chi connectivity index (χ1v) is 11.7. The number of allylic oxidation sites excluding steroid dienone is 2. The topological polar surface area (TPSA) is 87.5 Å². The monoisotopic (exact) mass is 477 g/mol. The van der Waals surface area contributed by atoms with Gasteiger partial charge in [0, 0.05) is 29.9 Å². The van der Waals surface area contributed by atoms with Crippen molar-refractivity contribution in [3.05, 3.63) is 35.1 Å². The predicted molar refractivity (Wildman–Crippen MR) is 114 cm³/mol. The number of carbonyl (C=O) groups is 2. The smallest absolute Gasteiger partial charge is 0.355 e. The highest BCUT2D eigenvalue weighted by Gasteiger charge is 2.42. The van der Waals surface area contributed by atoms with Crippen LogP contribution in [0.5, 0.6) is 0 Å². The summed E-state index contributed by atoms with van der Waals surface area (Å²) >= 11 is 2.67. The maximum atomic E-state index is 13.0. The second-order valence-electron chi connectivity index (χ2n) is 8.23. The Kier molecular flexibility index (Phi) is 8.91. The molecule has 1 aromatic heterocycles. The number of thioether (sulfide) groups is 1. The number of carboxylic acids is 1. The summed E-state index contributed by atoms with van der Waals surface area (Å²) in [5, 5.41) is 20.7. The third-order valence-corrected chi connectivity index (χ3v) is 7.63. The van der Waals surface area contributed by atoms with Crippen LogP contribution in [0.25, 0.3) is 0 Å². The molecule has 2 N–H and O–H groups in total. The summed E-state index contributed by atoms with van der Waals surface area (Å²) in [6.45, 7) is 3.45. The first-order valence-electron chi connectivity index (χ1n) is 9.87. The van der Waals surface area contributed by atoms with Gasteiger partial charge in [0.05, 0.1) is 5.60 Å². The summed E-state index contributed by atoms with van der Waals surface area (Å²) in [6, 6.07) is 0. The van der Waals surface area contributed by atoms with Gasteiger partial charge in [-0.3, -0.25) is 4.79 Å². The average Bonchev–Trinajstić information content (AvgIpc) is 3.26. The number of aromatic nitrogens is 1. The fourth-order valence-corrected chi connectivity index (χ4v) is 5.52. The molecule has 0 bridgehead atoms. The van der Waals surface area contributed by atoms with Gasteiger partial charge in [-0.15, -0.1) is 11.3 Å². The van der Waals surface area contributed by atoms with E-state index in [9.17, 15) is 27.9 Å². The van der Waals surface area contributed by atoms with Gasteiger partial charge in [-0.25, -0.2) is 14.2 Å². The molecule has 1 saturated carbocycles. The van der Waals surface area contributed by atoms with Crippen LogP contribution in [-0.4, -0.2) is 38.3 Å². The van der Waals surface area contributed by atoms with Crippen LogP contribution in [0.1, 0.15) is 62.9 Å². The number of carboxylic acid groups (broad SMARTS) is 1. The Morgan fingerprint density at radius 3 is 2.77 bits per heavy atom. The largest absolute Gasteiger partial charge is 0.476 e. The second kappa shape index (κ2) is 10.8. The number of hydrogen-bond donors (Lipinski definition) is 2. The Balaban J connectivity index is 1.91. The first-order chi connectivity index (χ1) is 14.4. The lowest BCUT2D eigenvalue weighted by molar-refractivity contribution is -0.121. The van der Waals surface area contributed by atoms with Crippen molar-refractivity contribution in [3.63, 3.8) is 0 Å². The summed E-state index contributed by atoms with van der Waals surface area (Å²) < 4.78 is 38.0. The molecule has 0 spiro atoms. The molecule has 1 fully saturated rings. The molecule has 31 heavy (non-hydrogen) atoms. The van der Waals surface area contributed by atoms with Crippen molar-refractivity contribution in [2.75, 3.05) is 5.75 Å². The van der Waals surface area contributed by atoms with E-state index in [2.05, 4.69) is 4.98 Å². The van der Waals surface area contributed by atoms with E-state index in [1.54, 1.807) is 6.08 Å². The third kappa shape index (κ3) is 7.47. The molecule has 1 aliphatic carbocycles. The number of halogens is 3. The molecule has 5 nitrogen and oxygen atoms in total. The van der Waals surface area contributed by atoms with Crippen molar-refractivity contribution < 1.29 is 33.0 Å². The number of aromatic carboxylic acids is 1. The van der Waals surface area contributed by atoms with Gasteiger partial charge in [-0.2, -0.15) is 8.78 Å². The SMILES string of the molecule is CC(O)(C/C=C/C1(C)CCC(=O)[C@@H]1CCSc1nc(C(=O)O)cs1)CCC(F)=C(F)F. The van der Waals surface area contributed by atoms with E-state index in [1.165, 1.54) is 35.4 Å². The molecule has 2 rings (SSSR count). The number of hydrogen-bond acceptors (Lipinski definition) is 6. The van der Waals surface area contributed by atoms with E-state index in [-0.39, 0.29) is 35.7 Å². The van der Waals surface area contributed by atoms with E-state index >= 15 is 0 Å². The third-order valence-electron chi connectivity index (χ3n) is 5.57. The van der Waals surface area contributed by atoms with Gasteiger partial charge in [0.2, 0.25) is 0 Å². The highest BCUT2D eigenvalue weighted by molar-refractivity contribution is 8.01. The van der Waals surface area contributed by atoms with Gasteiger partial charge in [-0.05, 0) is 38.0 Å². The second-order valence-corrected chi connectivity index (χ2v) is 10.4. The van der Waals surface area contributed by atoms with Gasteiger partial charge in [0.1, 0.15) is 5.78 Å². The molecular weight excluding hydrogens is 451 g/mol. The van der Waals surface area contributed by atoms with Gasteiger partial charge in [0.15, 0.2) is 15.9 Å². The molecule has 172 valence electrons. The molecule has 1 aliphatic rings. The molecule has 2 unspecified atom stereocenters. The molecule has 0 saturated heterocycles. The van der Waals surface area contributed by atoms with Crippen molar-refractivity contribution in [1.29, 1.82) is 0 Å². The molecular formula is C21H26F3NO4S2. The Morgan fingerprint density at radius 1 is 1.45 bits per heavy atom. The fraction of sp³-hybridized carbons (Fsp3) is 0.571. The molecule has 0 amide bonds. The highest BCUT2D eigenvalue weighted by Crippen LogP contribution is 2.45. The number of carbonyl (C=O) groups excluding carboxylic acids is 1. The standard InChI is InChI=1S/C21H26F3NO4S2/c1-20(7-3-8-21(2,29)10-4-14(22)17(23)24)9-5-16(26)13(20)6-11-30-19-25-15(12-31-19)18(27)28/h3,7,12-13,29H,4-6,8-11H2,1-2H3,(H,27,28)/b7-3+/t13-,20?,21?/m0/s1. The zero-order valence-electron chi connectivity index (χ0n) is 17.4. The summed E-state index contributed by atoms with van der Waals surface area (Å²) in [5.74, 6) is -2.01. The van der Waals surface area contributed by atoms with Crippen LogP contribution in [0.3, 0.4) is 0 Å². The van der Waals surface area contributed by atoms with E-state index in [0.29, 0.717) is 29.4 Å². The van der Waals surface area contributed by atoms with Gasteiger partial charge >= 0.3 is 12.0 Å². The number of aliphatic hydroxyl groups is 1. The Bertz CT molecular complexity index is 865. The average molecular weight is 478 g/mol. The quantitative estimate of drug-likeness (QED) is 0.306. The molecule has 10 heteroatoms. The maximum Gasteiger partial charge on any atom is 0.355 e. The zero-order chi connectivity index (χ0) is 23.2. The maximum absolute atomic E-state index is 13.0. The van der Waals surface area contributed by atoms with Gasteiger partial charge in [0.25, 0.3) is 0 Å². The van der Waals surface area contributed by atoms with E-state index in [0.717, 1.165) is 0 Å². The molecule has 1 aromatic rings. The Morgan fingerprint density at radius 2 is 2.16 bits per heavy atom. The number of rotatable bonds is 11. The summed E-state index contributed by atoms with van der Waals surface area (Å²) in [6.07, 6.45) is 2.51. The minimum Gasteiger partial charge on any atom is -0.476 e. The minimum absolute atomic E-state index is 0.00823. The molecule has 0 aromatic carbocycles. The fourth-order valence-electron chi connectivity index (χ4n) is 3.64. The Hall–Kier alpha value is -1.65.